The first-order valence-electron chi connectivity index (χ1n) is 12.7. The van der Waals surface area contributed by atoms with Crippen LogP contribution in [0.25, 0.3) is 10.6 Å². The van der Waals surface area contributed by atoms with Gasteiger partial charge >= 0.3 is 0 Å². The van der Waals surface area contributed by atoms with Gasteiger partial charge in [0.15, 0.2) is 4.88 Å². The van der Waals surface area contributed by atoms with Gasteiger partial charge in [-0.25, -0.2) is 18.7 Å². The number of likely N-dealkylation sites (tertiary alicyclic amines) is 1. The van der Waals surface area contributed by atoms with Gasteiger partial charge in [0.1, 0.15) is 22.5 Å². The molecule has 5 rings (SSSR count). The number of primary amides is 1. The lowest BCUT2D eigenvalue weighted by molar-refractivity contribution is -0.117. The van der Waals surface area contributed by atoms with E-state index in [2.05, 4.69) is 20.2 Å². The van der Waals surface area contributed by atoms with Gasteiger partial charge in [0.05, 0.1) is 6.61 Å². The summed E-state index contributed by atoms with van der Waals surface area (Å²) in [6, 6.07) is 7.41. The molecule has 1 aromatic carbocycles. The van der Waals surface area contributed by atoms with Crippen molar-refractivity contribution in [2.75, 3.05) is 25.0 Å². The summed E-state index contributed by atoms with van der Waals surface area (Å²) < 4.78 is 33.8. The number of benzene rings is 1. The molecule has 2 aliphatic rings. The number of nitrogens with one attached hydrogen (secondary N) is 1. The number of nitrogens with zero attached hydrogens (tertiary/aromatic N) is 3. The first-order valence-corrected chi connectivity index (χ1v) is 13.5. The molecule has 0 bridgehead atoms. The number of piperidine rings is 1. The average Bonchev–Trinajstić information content (AvgIpc) is 3.67. The lowest BCUT2D eigenvalue weighted by Gasteiger charge is -2.32. The van der Waals surface area contributed by atoms with E-state index < -0.39 is 17.5 Å². The van der Waals surface area contributed by atoms with Crippen LogP contribution in [0, 0.1) is 23.5 Å². The highest BCUT2D eigenvalue weighted by Crippen LogP contribution is 2.34. The Labute approximate surface area is 223 Å². The fraction of sp³-hybridized carbons (Fsp3) is 0.407. The molecule has 1 saturated heterocycles. The molecule has 200 valence electrons. The number of rotatable bonds is 10. The Hall–Kier alpha value is -3.44. The first kappa shape index (κ1) is 26.2. The van der Waals surface area contributed by atoms with E-state index in [-0.39, 0.29) is 34.7 Å². The standard InChI is InChI=1S/C27H29F2N5O3S/c28-20-2-1-3-21(29)19(20)15-34-11-7-16(8-12-34)9-13-37-26-23(24(30)35)38-27(33-26)18-6-10-31-22(14-18)32-25(36)17-4-5-17/h1-3,6,10,14,16-17H,4-5,7-9,11-13,15H2,(H2,30,35)(H,31,32,36). The van der Waals surface area contributed by atoms with Crippen LogP contribution in [0.5, 0.6) is 5.88 Å². The topological polar surface area (TPSA) is 110 Å². The quantitative estimate of drug-likeness (QED) is 0.388. The monoisotopic (exact) mass is 541 g/mol. The van der Waals surface area contributed by atoms with Gasteiger partial charge in [-0.3, -0.25) is 14.5 Å². The van der Waals surface area contributed by atoms with E-state index in [1.165, 1.54) is 18.2 Å². The number of hydrogen-bond acceptors (Lipinski definition) is 7. The Morgan fingerprint density at radius 1 is 1.13 bits per heavy atom. The third-order valence-corrected chi connectivity index (χ3v) is 8.04. The maximum atomic E-state index is 14.0. The molecule has 8 nitrogen and oxygen atoms in total. The molecule has 3 heterocycles. The third-order valence-electron chi connectivity index (χ3n) is 6.94. The summed E-state index contributed by atoms with van der Waals surface area (Å²) in [5.74, 6) is -0.603. The lowest BCUT2D eigenvalue weighted by Crippen LogP contribution is -2.34. The Morgan fingerprint density at radius 2 is 1.87 bits per heavy atom. The molecule has 2 fully saturated rings. The molecule has 1 saturated carbocycles. The van der Waals surface area contributed by atoms with E-state index in [0.29, 0.717) is 28.9 Å². The second-order valence-corrected chi connectivity index (χ2v) is 10.8. The van der Waals surface area contributed by atoms with Gasteiger partial charge in [-0.1, -0.05) is 6.07 Å². The SMILES string of the molecule is NC(=O)c1sc(-c2ccnc(NC(=O)C3CC3)c2)nc1OCCC1CCN(Cc2c(F)cccc2F)CC1. The van der Waals surface area contributed by atoms with Crippen LogP contribution >= 0.6 is 11.3 Å². The molecule has 3 aromatic rings. The zero-order valence-electron chi connectivity index (χ0n) is 20.8. The number of aromatic nitrogens is 2. The minimum Gasteiger partial charge on any atom is -0.476 e. The molecule has 0 spiro atoms. The molecule has 3 N–H and O–H groups in total. The van der Waals surface area contributed by atoms with E-state index in [0.717, 1.165) is 56.5 Å². The van der Waals surface area contributed by atoms with Crippen molar-refractivity contribution in [1.29, 1.82) is 0 Å². The summed E-state index contributed by atoms with van der Waals surface area (Å²) in [6.45, 7) is 2.11. The molecule has 1 aliphatic heterocycles. The van der Waals surface area contributed by atoms with Crippen molar-refractivity contribution in [3.8, 4) is 16.5 Å². The van der Waals surface area contributed by atoms with Crippen LogP contribution in [0.4, 0.5) is 14.6 Å². The summed E-state index contributed by atoms with van der Waals surface area (Å²) in [7, 11) is 0. The molecule has 38 heavy (non-hydrogen) atoms. The van der Waals surface area contributed by atoms with Gasteiger partial charge in [-0.2, -0.15) is 0 Å². The maximum absolute atomic E-state index is 14.0. The van der Waals surface area contributed by atoms with Crippen molar-refractivity contribution in [2.45, 2.75) is 38.6 Å². The lowest BCUT2D eigenvalue weighted by atomic mass is 9.93. The second-order valence-electron chi connectivity index (χ2n) is 9.77. The van der Waals surface area contributed by atoms with Crippen molar-refractivity contribution in [2.24, 2.45) is 17.6 Å². The molecule has 0 atom stereocenters. The maximum Gasteiger partial charge on any atom is 0.264 e. The zero-order valence-corrected chi connectivity index (χ0v) is 21.6. The highest BCUT2D eigenvalue weighted by atomic mass is 32.1. The van der Waals surface area contributed by atoms with Crippen molar-refractivity contribution < 1.29 is 23.1 Å². The molecule has 2 aromatic heterocycles. The molecule has 0 unspecified atom stereocenters. The smallest absolute Gasteiger partial charge is 0.264 e. The van der Waals surface area contributed by atoms with E-state index in [1.807, 2.05) is 0 Å². The van der Waals surface area contributed by atoms with Crippen LogP contribution in [0.1, 0.15) is 47.3 Å². The highest BCUT2D eigenvalue weighted by Gasteiger charge is 2.30. The summed E-state index contributed by atoms with van der Waals surface area (Å²) in [4.78, 5) is 35.1. The number of ether oxygens (including phenoxy) is 1. The van der Waals surface area contributed by atoms with Crippen LogP contribution in [0.2, 0.25) is 0 Å². The van der Waals surface area contributed by atoms with Crippen molar-refractivity contribution in [3.05, 3.63) is 58.6 Å². The highest BCUT2D eigenvalue weighted by molar-refractivity contribution is 7.17. The number of hydrogen-bond donors (Lipinski definition) is 2. The van der Waals surface area contributed by atoms with Crippen LogP contribution in [0.15, 0.2) is 36.5 Å². The van der Waals surface area contributed by atoms with Gasteiger partial charge in [0, 0.05) is 29.8 Å². The predicted octanol–water partition coefficient (Wildman–Crippen LogP) is 4.61. The van der Waals surface area contributed by atoms with E-state index in [1.54, 1.807) is 18.3 Å². The van der Waals surface area contributed by atoms with Gasteiger partial charge in [0.2, 0.25) is 11.8 Å². The number of pyridine rings is 1. The van der Waals surface area contributed by atoms with Crippen molar-refractivity contribution in [3.63, 3.8) is 0 Å². The van der Waals surface area contributed by atoms with Crippen LogP contribution < -0.4 is 15.8 Å². The van der Waals surface area contributed by atoms with Crippen molar-refractivity contribution in [1.82, 2.24) is 14.9 Å². The fourth-order valence-electron chi connectivity index (χ4n) is 4.55. The third kappa shape index (κ3) is 6.33. The number of thiazole rings is 1. The fourth-order valence-corrected chi connectivity index (χ4v) is 5.41. The van der Waals surface area contributed by atoms with E-state index >= 15 is 0 Å². The Balaban J connectivity index is 1.15. The largest absolute Gasteiger partial charge is 0.476 e. The van der Waals surface area contributed by atoms with Gasteiger partial charge < -0.3 is 15.8 Å². The van der Waals surface area contributed by atoms with Gasteiger partial charge in [-0.05, 0) is 75.4 Å². The number of halogens is 2. The van der Waals surface area contributed by atoms with E-state index in [4.69, 9.17) is 10.5 Å². The van der Waals surface area contributed by atoms with Crippen LogP contribution in [0.3, 0.4) is 0 Å². The number of carbonyl (C=O) groups is 2. The molecule has 2 amide bonds. The average molecular weight is 542 g/mol. The predicted molar refractivity (Wildman–Crippen MR) is 140 cm³/mol. The van der Waals surface area contributed by atoms with E-state index in [9.17, 15) is 18.4 Å². The number of amides is 2. The second kappa shape index (κ2) is 11.5. The minimum absolute atomic E-state index is 0.0409. The number of anilines is 1. The van der Waals surface area contributed by atoms with Gasteiger partial charge in [0.25, 0.3) is 5.91 Å². The Kier molecular flexibility index (Phi) is 7.94. The Morgan fingerprint density at radius 3 is 2.55 bits per heavy atom. The molecule has 11 heteroatoms. The number of nitrogens with two attached hydrogens (primary N) is 1. The van der Waals surface area contributed by atoms with Gasteiger partial charge in [-0.15, -0.1) is 11.3 Å². The summed E-state index contributed by atoms with van der Waals surface area (Å²) >= 11 is 1.14. The Bertz CT molecular complexity index is 1300. The summed E-state index contributed by atoms with van der Waals surface area (Å²) in [5, 5.41) is 3.36. The van der Waals surface area contributed by atoms with Crippen LogP contribution in [-0.2, 0) is 11.3 Å². The summed E-state index contributed by atoms with van der Waals surface area (Å²) in [6.07, 6.45) is 5.91. The first-order chi connectivity index (χ1) is 18.4. The molecular formula is C27H29F2N5O3S. The van der Waals surface area contributed by atoms with Crippen LogP contribution in [-0.4, -0.2) is 46.4 Å². The normalized spacial score (nSPS) is 16.4. The molecule has 0 radical (unpaired) electrons. The number of carbonyl (C=O) groups excluding carboxylic acids is 2. The zero-order chi connectivity index (χ0) is 26.6. The van der Waals surface area contributed by atoms with Crippen molar-refractivity contribution >= 4 is 29.0 Å². The summed E-state index contributed by atoms with van der Waals surface area (Å²) in [5.41, 5.74) is 6.39. The minimum atomic E-state index is -0.617. The molecule has 1 aliphatic carbocycles. The molecular weight excluding hydrogens is 512 g/mol.